The number of fused-ring (bicyclic) bond motifs is 3. The zero-order valence-corrected chi connectivity index (χ0v) is 15.5. The van der Waals surface area contributed by atoms with Gasteiger partial charge in [-0.05, 0) is 49.8 Å². The summed E-state index contributed by atoms with van der Waals surface area (Å²) in [7, 11) is 0. The largest absolute Gasteiger partial charge is 0.467 e. The molecule has 1 aliphatic rings. The molecular weight excluding hydrogens is 356 g/mol. The molecule has 0 fully saturated rings. The van der Waals surface area contributed by atoms with Crippen LogP contribution in [0.15, 0.2) is 32.8 Å². The zero-order chi connectivity index (χ0) is 17.2. The van der Waals surface area contributed by atoms with Gasteiger partial charge in [0.05, 0.1) is 18.2 Å². The predicted molar refractivity (Wildman–Crippen MR) is 101 cm³/mol. The van der Waals surface area contributed by atoms with E-state index in [1.165, 1.54) is 28.6 Å². The molecule has 3 aromatic rings. The Bertz CT molecular complexity index is 928. The molecule has 0 radical (unpaired) electrons. The average molecular weight is 377 g/mol. The van der Waals surface area contributed by atoms with Crippen molar-refractivity contribution >= 4 is 33.3 Å². The molecular formula is C18H20N2O3S2. The number of aliphatic hydroxyl groups excluding tert-OH is 1. The fourth-order valence-corrected chi connectivity index (χ4v) is 5.48. The quantitative estimate of drug-likeness (QED) is 0.405. The van der Waals surface area contributed by atoms with Crippen LogP contribution in [0.4, 0.5) is 0 Å². The summed E-state index contributed by atoms with van der Waals surface area (Å²) >= 11 is 3.20. The second kappa shape index (κ2) is 7.35. The van der Waals surface area contributed by atoms with Gasteiger partial charge >= 0.3 is 0 Å². The maximum absolute atomic E-state index is 13.3. The maximum atomic E-state index is 13.3. The Labute approximate surface area is 153 Å². The number of furan rings is 1. The topological polar surface area (TPSA) is 68.3 Å². The fourth-order valence-electron chi connectivity index (χ4n) is 3.26. The van der Waals surface area contributed by atoms with Crippen LogP contribution in [-0.2, 0) is 19.4 Å². The second-order valence-electron chi connectivity index (χ2n) is 6.18. The Morgan fingerprint density at radius 3 is 3.04 bits per heavy atom. The molecule has 7 heteroatoms. The summed E-state index contributed by atoms with van der Waals surface area (Å²) in [5, 5.41) is 10.6. The van der Waals surface area contributed by atoms with Crippen LogP contribution in [0.5, 0.6) is 0 Å². The molecule has 0 atom stereocenters. The van der Waals surface area contributed by atoms with E-state index in [1.807, 2.05) is 12.1 Å². The zero-order valence-electron chi connectivity index (χ0n) is 13.9. The second-order valence-corrected chi connectivity index (χ2v) is 8.33. The molecule has 4 rings (SSSR count). The van der Waals surface area contributed by atoms with E-state index in [2.05, 4.69) is 0 Å². The van der Waals surface area contributed by atoms with Gasteiger partial charge in [0.25, 0.3) is 5.56 Å². The Hall–Kier alpha value is -1.57. The van der Waals surface area contributed by atoms with Crippen molar-refractivity contribution in [3.8, 4) is 0 Å². The van der Waals surface area contributed by atoms with Crippen molar-refractivity contribution in [1.82, 2.24) is 9.55 Å². The summed E-state index contributed by atoms with van der Waals surface area (Å²) in [6.45, 7) is 0.534. The van der Waals surface area contributed by atoms with E-state index >= 15 is 0 Å². The number of rotatable bonds is 6. The van der Waals surface area contributed by atoms with Gasteiger partial charge in [-0.3, -0.25) is 9.36 Å². The standard InChI is InChI=1S/C18H20N2O3S2/c21-8-4-10-24-18-19-16-15(13-6-1-2-7-14(13)25-16)17(22)20(18)11-12-5-3-9-23-12/h3,5,9,21H,1-2,4,6-8,10-11H2. The third-order valence-corrected chi connectivity index (χ3v) is 6.72. The molecule has 0 unspecified atom stereocenters. The third kappa shape index (κ3) is 3.28. The molecule has 0 spiro atoms. The van der Waals surface area contributed by atoms with E-state index in [0.717, 1.165) is 41.0 Å². The van der Waals surface area contributed by atoms with Crippen molar-refractivity contribution in [2.75, 3.05) is 12.4 Å². The molecule has 5 nitrogen and oxygen atoms in total. The highest BCUT2D eigenvalue weighted by Crippen LogP contribution is 2.34. The number of aromatic nitrogens is 2. The molecule has 0 aliphatic heterocycles. The molecule has 25 heavy (non-hydrogen) atoms. The monoisotopic (exact) mass is 376 g/mol. The molecule has 0 saturated carbocycles. The lowest BCUT2D eigenvalue weighted by Crippen LogP contribution is -2.24. The van der Waals surface area contributed by atoms with Crippen LogP contribution in [0.2, 0.25) is 0 Å². The van der Waals surface area contributed by atoms with Gasteiger partial charge in [-0.2, -0.15) is 0 Å². The number of thiophene rings is 1. The highest BCUT2D eigenvalue weighted by atomic mass is 32.2. The number of hydrogen-bond donors (Lipinski definition) is 1. The van der Waals surface area contributed by atoms with Gasteiger partial charge in [0.1, 0.15) is 10.6 Å². The molecule has 1 aliphatic carbocycles. The lowest BCUT2D eigenvalue weighted by molar-refractivity contribution is 0.296. The smallest absolute Gasteiger partial charge is 0.263 e. The number of aryl methyl sites for hydroxylation is 2. The summed E-state index contributed by atoms with van der Waals surface area (Å²) < 4.78 is 7.17. The summed E-state index contributed by atoms with van der Waals surface area (Å²) in [6.07, 6.45) is 6.67. The van der Waals surface area contributed by atoms with Gasteiger partial charge in [0.2, 0.25) is 0 Å². The van der Waals surface area contributed by atoms with Crippen molar-refractivity contribution in [1.29, 1.82) is 0 Å². The molecule has 0 bridgehead atoms. The van der Waals surface area contributed by atoms with Gasteiger partial charge in [-0.15, -0.1) is 11.3 Å². The van der Waals surface area contributed by atoms with Crippen LogP contribution in [0.25, 0.3) is 10.2 Å². The van der Waals surface area contributed by atoms with E-state index in [9.17, 15) is 4.79 Å². The minimum absolute atomic E-state index is 0.0345. The van der Waals surface area contributed by atoms with Crippen LogP contribution in [0.1, 0.15) is 35.5 Å². The van der Waals surface area contributed by atoms with Crippen molar-refractivity contribution in [2.45, 2.75) is 43.8 Å². The number of hydrogen-bond acceptors (Lipinski definition) is 6. The lowest BCUT2D eigenvalue weighted by Gasteiger charge is -2.12. The van der Waals surface area contributed by atoms with Gasteiger partial charge in [0.15, 0.2) is 5.16 Å². The van der Waals surface area contributed by atoms with Crippen LogP contribution in [0, 0.1) is 0 Å². The van der Waals surface area contributed by atoms with Gasteiger partial charge in [-0.25, -0.2) is 4.98 Å². The van der Waals surface area contributed by atoms with E-state index in [0.29, 0.717) is 18.1 Å². The maximum Gasteiger partial charge on any atom is 0.263 e. The summed E-state index contributed by atoms with van der Waals surface area (Å²) in [6, 6.07) is 3.71. The molecule has 0 saturated heterocycles. The van der Waals surface area contributed by atoms with E-state index in [4.69, 9.17) is 14.5 Å². The van der Waals surface area contributed by atoms with Crippen LogP contribution >= 0.6 is 23.1 Å². The van der Waals surface area contributed by atoms with Crippen LogP contribution in [0.3, 0.4) is 0 Å². The molecule has 3 heterocycles. The molecule has 0 aromatic carbocycles. The Kier molecular flexibility index (Phi) is 4.96. The van der Waals surface area contributed by atoms with Crippen molar-refractivity contribution in [2.24, 2.45) is 0 Å². The van der Waals surface area contributed by atoms with Crippen LogP contribution in [-0.4, -0.2) is 27.0 Å². The third-order valence-electron chi connectivity index (χ3n) is 4.47. The summed E-state index contributed by atoms with van der Waals surface area (Å²) in [4.78, 5) is 20.3. The minimum atomic E-state index is 0.0345. The average Bonchev–Trinajstić information content (AvgIpc) is 3.25. The first kappa shape index (κ1) is 16.9. The van der Waals surface area contributed by atoms with E-state index < -0.39 is 0 Å². The molecule has 0 amide bonds. The Morgan fingerprint density at radius 1 is 1.36 bits per heavy atom. The van der Waals surface area contributed by atoms with E-state index in [-0.39, 0.29) is 12.2 Å². The summed E-state index contributed by atoms with van der Waals surface area (Å²) in [5.74, 6) is 1.48. The van der Waals surface area contributed by atoms with Crippen molar-refractivity contribution < 1.29 is 9.52 Å². The fraction of sp³-hybridized carbons (Fsp3) is 0.444. The van der Waals surface area contributed by atoms with Gasteiger partial charge in [-0.1, -0.05) is 11.8 Å². The molecule has 132 valence electrons. The number of aliphatic hydroxyl groups is 1. The normalized spacial score (nSPS) is 14.1. The SMILES string of the molecule is O=c1c2c3c(sc2nc(SCCCO)n1Cc1ccco1)CCCC3. The lowest BCUT2D eigenvalue weighted by atomic mass is 9.97. The molecule has 3 aromatic heterocycles. The van der Waals surface area contributed by atoms with Crippen molar-refractivity contribution in [3.63, 3.8) is 0 Å². The Balaban J connectivity index is 1.83. The van der Waals surface area contributed by atoms with Crippen LogP contribution < -0.4 is 5.56 Å². The number of thioether (sulfide) groups is 1. The van der Waals surface area contributed by atoms with Crippen molar-refractivity contribution in [3.05, 3.63) is 45.0 Å². The van der Waals surface area contributed by atoms with E-state index in [1.54, 1.807) is 22.2 Å². The summed E-state index contributed by atoms with van der Waals surface area (Å²) in [5.41, 5.74) is 1.25. The first-order valence-corrected chi connectivity index (χ1v) is 10.4. The first-order valence-electron chi connectivity index (χ1n) is 8.59. The number of nitrogens with zero attached hydrogens (tertiary/aromatic N) is 2. The molecule has 1 N–H and O–H groups in total. The first-order chi connectivity index (χ1) is 12.3. The predicted octanol–water partition coefficient (Wildman–Crippen LogP) is 3.45. The van der Waals surface area contributed by atoms with Gasteiger partial charge in [0, 0.05) is 17.2 Å². The highest BCUT2D eigenvalue weighted by molar-refractivity contribution is 7.99. The van der Waals surface area contributed by atoms with Gasteiger partial charge < -0.3 is 9.52 Å². The minimum Gasteiger partial charge on any atom is -0.467 e. The highest BCUT2D eigenvalue weighted by Gasteiger charge is 2.22. The Morgan fingerprint density at radius 2 is 2.24 bits per heavy atom.